The fraction of sp³-hybridized carbons (Fsp3) is 0.300. The van der Waals surface area contributed by atoms with Crippen LogP contribution in [0.1, 0.15) is 33.6 Å². The molecule has 1 unspecified atom stereocenters. The fourth-order valence-electron chi connectivity index (χ4n) is 3.64. The molecule has 2 aromatic carbocycles. The molecule has 2 aliphatic heterocycles. The average molecular weight is 354 g/mol. The molecule has 26 heavy (non-hydrogen) atoms. The number of nitrogens with zero attached hydrogens (tertiary/aromatic N) is 1. The Bertz CT molecular complexity index is 852. The van der Waals surface area contributed by atoms with Gasteiger partial charge in [0.1, 0.15) is 18.2 Å². The molecule has 0 aliphatic carbocycles. The van der Waals surface area contributed by atoms with Crippen LogP contribution in [-0.4, -0.2) is 41.9 Å². The van der Waals surface area contributed by atoms with Crippen LogP contribution in [0.5, 0.6) is 5.75 Å². The Kier molecular flexibility index (Phi) is 4.11. The van der Waals surface area contributed by atoms with Crippen molar-refractivity contribution in [2.24, 2.45) is 0 Å². The second-order valence-electron chi connectivity index (χ2n) is 6.86. The van der Waals surface area contributed by atoms with E-state index in [4.69, 9.17) is 4.74 Å². The van der Waals surface area contributed by atoms with Gasteiger partial charge in [0.25, 0.3) is 11.8 Å². The van der Waals surface area contributed by atoms with Gasteiger partial charge in [-0.1, -0.05) is 12.1 Å². The van der Waals surface area contributed by atoms with Crippen LogP contribution in [0.3, 0.4) is 0 Å². The average Bonchev–Trinajstić information content (AvgIpc) is 2.79. The molecule has 2 heterocycles. The lowest BCUT2D eigenvalue weighted by atomic mass is 9.89. The highest BCUT2D eigenvalue weighted by molar-refractivity contribution is 5.98. The maximum Gasteiger partial charge on any atom is 0.255 e. The molecule has 4 rings (SSSR count). The summed E-state index contributed by atoms with van der Waals surface area (Å²) in [5.74, 6) is -0.169. The van der Waals surface area contributed by atoms with Crippen LogP contribution in [0.25, 0.3) is 0 Å². The maximum absolute atomic E-state index is 13.1. The van der Waals surface area contributed by atoms with Crippen molar-refractivity contribution < 1.29 is 18.7 Å². The van der Waals surface area contributed by atoms with Crippen LogP contribution in [0.15, 0.2) is 48.5 Å². The van der Waals surface area contributed by atoms with Crippen molar-refractivity contribution in [2.75, 3.05) is 19.7 Å². The summed E-state index contributed by atoms with van der Waals surface area (Å²) < 4.78 is 19.0. The Morgan fingerprint density at radius 2 is 1.92 bits per heavy atom. The van der Waals surface area contributed by atoms with E-state index >= 15 is 0 Å². The van der Waals surface area contributed by atoms with E-state index in [0.29, 0.717) is 36.6 Å². The van der Waals surface area contributed by atoms with Gasteiger partial charge in [-0.25, -0.2) is 4.39 Å². The van der Waals surface area contributed by atoms with Gasteiger partial charge < -0.3 is 15.0 Å². The Balaban J connectivity index is 1.56. The highest BCUT2D eigenvalue weighted by Crippen LogP contribution is 2.29. The number of carbonyl (C=O) groups excluding carboxylic acids is 2. The number of hydrogen-bond acceptors (Lipinski definition) is 3. The quantitative estimate of drug-likeness (QED) is 0.856. The first-order valence-electron chi connectivity index (χ1n) is 8.66. The number of ether oxygens (including phenoxy) is 1. The van der Waals surface area contributed by atoms with E-state index in [1.807, 2.05) is 6.07 Å². The zero-order chi connectivity index (χ0) is 18.1. The molecule has 2 amide bonds. The molecule has 0 aromatic heterocycles. The first-order chi connectivity index (χ1) is 12.6. The number of amides is 2. The summed E-state index contributed by atoms with van der Waals surface area (Å²) in [6.07, 6.45) is 1.49. The molecular weight excluding hydrogens is 335 g/mol. The first-order valence-corrected chi connectivity index (χ1v) is 8.66. The van der Waals surface area contributed by atoms with E-state index in [0.717, 1.165) is 12.8 Å². The lowest BCUT2D eigenvalue weighted by Crippen LogP contribution is -2.61. The predicted octanol–water partition coefficient (Wildman–Crippen LogP) is 2.62. The standard InChI is InChI=1S/C20H19FN2O3/c21-15-8-6-14(7-9-15)19(25)23-11-3-10-20(12-23)13-26-17-5-2-1-4-16(17)18(24)22-20/h1-2,4-9H,3,10-13H2,(H,22,24). The smallest absolute Gasteiger partial charge is 0.255 e. The summed E-state index contributed by atoms with van der Waals surface area (Å²) in [7, 11) is 0. The van der Waals surface area contributed by atoms with Crippen LogP contribution in [-0.2, 0) is 0 Å². The summed E-state index contributed by atoms with van der Waals surface area (Å²) in [5, 5.41) is 3.08. The van der Waals surface area contributed by atoms with Crippen molar-refractivity contribution in [3.63, 3.8) is 0 Å². The van der Waals surface area contributed by atoms with Crippen molar-refractivity contribution in [3.8, 4) is 5.75 Å². The first kappa shape index (κ1) is 16.6. The maximum atomic E-state index is 13.1. The fourth-order valence-corrected chi connectivity index (χ4v) is 3.64. The lowest BCUT2D eigenvalue weighted by molar-refractivity contribution is 0.0489. The zero-order valence-corrected chi connectivity index (χ0v) is 14.2. The van der Waals surface area contributed by atoms with Crippen molar-refractivity contribution in [1.29, 1.82) is 0 Å². The molecule has 0 bridgehead atoms. The topological polar surface area (TPSA) is 58.6 Å². The number of benzene rings is 2. The summed E-state index contributed by atoms with van der Waals surface area (Å²) in [6.45, 7) is 1.27. The zero-order valence-electron chi connectivity index (χ0n) is 14.2. The van der Waals surface area contributed by atoms with Crippen LogP contribution < -0.4 is 10.1 Å². The molecule has 2 aromatic rings. The summed E-state index contributed by atoms with van der Waals surface area (Å²) in [4.78, 5) is 27.1. The van der Waals surface area contributed by atoms with Gasteiger partial charge in [-0.3, -0.25) is 9.59 Å². The highest BCUT2D eigenvalue weighted by atomic mass is 19.1. The second-order valence-corrected chi connectivity index (χ2v) is 6.86. The van der Waals surface area contributed by atoms with Gasteiger partial charge in [0.2, 0.25) is 0 Å². The monoisotopic (exact) mass is 354 g/mol. The normalized spacial score (nSPS) is 22.2. The van der Waals surface area contributed by atoms with Gasteiger partial charge in [-0.15, -0.1) is 0 Å². The Morgan fingerprint density at radius 3 is 2.73 bits per heavy atom. The molecule has 1 atom stereocenters. The van der Waals surface area contributed by atoms with Crippen molar-refractivity contribution in [2.45, 2.75) is 18.4 Å². The largest absolute Gasteiger partial charge is 0.490 e. The van der Waals surface area contributed by atoms with E-state index in [9.17, 15) is 14.0 Å². The van der Waals surface area contributed by atoms with Gasteiger partial charge in [0.05, 0.1) is 11.1 Å². The summed E-state index contributed by atoms with van der Waals surface area (Å²) in [5.41, 5.74) is 0.322. The summed E-state index contributed by atoms with van der Waals surface area (Å²) in [6, 6.07) is 12.7. The third-order valence-corrected chi connectivity index (χ3v) is 4.97. The molecule has 0 radical (unpaired) electrons. The predicted molar refractivity (Wildman–Crippen MR) is 93.7 cm³/mol. The number of likely N-dealkylation sites (tertiary alicyclic amines) is 1. The molecule has 134 valence electrons. The number of fused-ring (bicyclic) bond motifs is 1. The second kappa shape index (κ2) is 6.44. The number of carbonyl (C=O) groups is 2. The minimum atomic E-state index is -0.621. The summed E-state index contributed by atoms with van der Waals surface area (Å²) >= 11 is 0. The Morgan fingerprint density at radius 1 is 1.15 bits per heavy atom. The van der Waals surface area contributed by atoms with Crippen LogP contribution >= 0.6 is 0 Å². The number of hydrogen-bond donors (Lipinski definition) is 1. The van der Waals surface area contributed by atoms with E-state index in [1.54, 1.807) is 23.1 Å². The minimum absolute atomic E-state index is 0.167. The third kappa shape index (κ3) is 3.03. The van der Waals surface area contributed by atoms with Gasteiger partial charge in [0, 0.05) is 18.7 Å². The van der Waals surface area contributed by atoms with Crippen LogP contribution in [0.4, 0.5) is 4.39 Å². The minimum Gasteiger partial charge on any atom is -0.490 e. The van der Waals surface area contributed by atoms with Crippen molar-refractivity contribution in [3.05, 3.63) is 65.5 Å². The van der Waals surface area contributed by atoms with Crippen molar-refractivity contribution >= 4 is 11.8 Å². The van der Waals surface area contributed by atoms with Gasteiger partial charge in [-0.2, -0.15) is 0 Å². The van der Waals surface area contributed by atoms with Gasteiger partial charge >= 0.3 is 0 Å². The van der Waals surface area contributed by atoms with Gasteiger partial charge in [-0.05, 0) is 49.2 Å². The highest BCUT2D eigenvalue weighted by Gasteiger charge is 2.41. The van der Waals surface area contributed by atoms with E-state index in [1.165, 1.54) is 24.3 Å². The van der Waals surface area contributed by atoms with E-state index < -0.39 is 5.54 Å². The van der Waals surface area contributed by atoms with Crippen LogP contribution in [0.2, 0.25) is 0 Å². The third-order valence-electron chi connectivity index (χ3n) is 4.97. The molecular formula is C20H19FN2O3. The molecule has 1 fully saturated rings. The molecule has 5 nitrogen and oxygen atoms in total. The molecule has 1 N–H and O–H groups in total. The Hall–Kier alpha value is -2.89. The lowest BCUT2D eigenvalue weighted by Gasteiger charge is -2.42. The molecule has 1 saturated heterocycles. The molecule has 0 saturated carbocycles. The van der Waals surface area contributed by atoms with E-state index in [2.05, 4.69) is 5.32 Å². The molecule has 1 spiro atoms. The van der Waals surface area contributed by atoms with Crippen molar-refractivity contribution in [1.82, 2.24) is 10.2 Å². The van der Waals surface area contributed by atoms with Gasteiger partial charge in [0.15, 0.2) is 0 Å². The van der Waals surface area contributed by atoms with E-state index in [-0.39, 0.29) is 17.6 Å². The SMILES string of the molecule is O=C1NC2(CCCN(C(=O)c3ccc(F)cc3)C2)COc2ccccc21. The Labute approximate surface area is 150 Å². The number of rotatable bonds is 1. The van der Waals surface area contributed by atoms with Crippen LogP contribution in [0, 0.1) is 5.82 Å². The molecule has 6 heteroatoms. The number of nitrogens with one attached hydrogen (secondary N) is 1. The number of para-hydroxylation sites is 1. The molecule has 2 aliphatic rings. The number of halogens is 1. The number of piperidine rings is 1.